The Morgan fingerprint density at radius 3 is 3.00 bits per heavy atom. The predicted octanol–water partition coefficient (Wildman–Crippen LogP) is 2.52. The van der Waals surface area contributed by atoms with Crippen LogP contribution in [-0.4, -0.2) is 28.8 Å². The summed E-state index contributed by atoms with van der Waals surface area (Å²) in [6.45, 7) is 0. The lowest BCUT2D eigenvalue weighted by Gasteiger charge is -2.05. The maximum atomic E-state index is 12.0. The van der Waals surface area contributed by atoms with E-state index >= 15 is 0 Å². The second-order valence-corrected chi connectivity index (χ2v) is 5.17. The Morgan fingerprint density at radius 1 is 1.47 bits per heavy atom. The molecule has 0 N–H and O–H groups in total. The van der Waals surface area contributed by atoms with Gasteiger partial charge in [0.15, 0.2) is 10.1 Å². The molecule has 2 aromatic rings. The molecular formula is C11H10N2O2S2. The molecule has 0 bridgehead atoms. The summed E-state index contributed by atoms with van der Waals surface area (Å²) in [6.07, 6.45) is 0. The molecule has 1 aromatic heterocycles. The van der Waals surface area contributed by atoms with Crippen LogP contribution in [0.1, 0.15) is 10.4 Å². The number of hydrogen-bond acceptors (Lipinski definition) is 6. The molecule has 0 radical (unpaired) electrons. The van der Waals surface area contributed by atoms with Crippen LogP contribution in [-0.2, 0) is 0 Å². The molecule has 0 saturated carbocycles. The average molecular weight is 266 g/mol. The molecule has 2 rings (SSSR count). The molecular weight excluding hydrogens is 256 g/mol. The number of Topliss-reactive ketones (excluding diaryl/α,β-unsaturated/α-hetero) is 1. The highest BCUT2D eigenvalue weighted by Gasteiger charge is 2.12. The van der Waals surface area contributed by atoms with Crippen molar-refractivity contribution in [2.24, 2.45) is 0 Å². The van der Waals surface area contributed by atoms with Crippen molar-refractivity contribution in [1.29, 1.82) is 0 Å². The van der Waals surface area contributed by atoms with Gasteiger partial charge in [-0.2, -0.15) is 0 Å². The highest BCUT2D eigenvalue weighted by atomic mass is 32.2. The number of carbonyl (C=O) groups excluding carboxylic acids is 1. The molecule has 0 amide bonds. The zero-order valence-electron chi connectivity index (χ0n) is 9.12. The molecule has 6 heteroatoms. The lowest BCUT2D eigenvalue weighted by molar-refractivity contribution is 0.101. The minimum Gasteiger partial charge on any atom is -0.496 e. The third-order valence-electron chi connectivity index (χ3n) is 2.07. The molecule has 0 aliphatic rings. The Labute approximate surface area is 107 Å². The third-order valence-corrected chi connectivity index (χ3v) is 3.93. The van der Waals surface area contributed by atoms with Crippen LogP contribution in [0, 0.1) is 0 Å². The van der Waals surface area contributed by atoms with Gasteiger partial charge in [-0.3, -0.25) is 4.79 Å². The Kier molecular flexibility index (Phi) is 4.11. The van der Waals surface area contributed by atoms with E-state index in [0.717, 1.165) is 4.34 Å². The second-order valence-electron chi connectivity index (χ2n) is 3.12. The van der Waals surface area contributed by atoms with E-state index in [1.165, 1.54) is 23.1 Å². The van der Waals surface area contributed by atoms with Crippen LogP contribution in [0.5, 0.6) is 5.75 Å². The molecule has 4 nitrogen and oxygen atoms in total. The number of carbonyl (C=O) groups is 1. The van der Waals surface area contributed by atoms with Gasteiger partial charge < -0.3 is 4.74 Å². The molecule has 0 saturated heterocycles. The molecule has 0 aliphatic heterocycles. The van der Waals surface area contributed by atoms with Gasteiger partial charge in [0.2, 0.25) is 0 Å². The molecule has 0 atom stereocenters. The molecule has 0 fully saturated rings. The number of ether oxygens (including phenoxy) is 1. The quantitative estimate of drug-likeness (QED) is 0.615. The number of ketones is 1. The normalized spacial score (nSPS) is 10.2. The zero-order chi connectivity index (χ0) is 12.1. The minimum atomic E-state index is 0.0302. The monoisotopic (exact) mass is 266 g/mol. The van der Waals surface area contributed by atoms with Gasteiger partial charge in [0.1, 0.15) is 11.3 Å². The first-order valence-electron chi connectivity index (χ1n) is 4.86. The number of methoxy groups -OCH3 is 1. The first-order valence-corrected chi connectivity index (χ1v) is 6.73. The summed E-state index contributed by atoms with van der Waals surface area (Å²) >= 11 is 2.82. The van der Waals surface area contributed by atoms with E-state index in [9.17, 15) is 4.79 Å². The highest BCUT2D eigenvalue weighted by Crippen LogP contribution is 2.23. The standard InChI is InChI=1S/C11H10N2O2S2/c1-15-10-5-3-2-4-8(10)9(14)6-16-11-13-12-7-17-11/h2-5,7H,6H2,1H3. The van der Waals surface area contributed by atoms with E-state index in [-0.39, 0.29) is 5.78 Å². The van der Waals surface area contributed by atoms with Crippen molar-refractivity contribution in [1.82, 2.24) is 10.2 Å². The first-order chi connectivity index (χ1) is 8.31. The number of para-hydroxylation sites is 1. The van der Waals surface area contributed by atoms with Gasteiger partial charge >= 0.3 is 0 Å². The topological polar surface area (TPSA) is 52.1 Å². The third kappa shape index (κ3) is 3.04. The van der Waals surface area contributed by atoms with Gasteiger partial charge in [-0.25, -0.2) is 0 Å². The Hall–Kier alpha value is -1.40. The highest BCUT2D eigenvalue weighted by molar-refractivity contribution is 8.01. The fourth-order valence-corrected chi connectivity index (χ4v) is 2.68. The van der Waals surface area contributed by atoms with Crippen molar-refractivity contribution < 1.29 is 9.53 Å². The van der Waals surface area contributed by atoms with E-state index in [1.807, 2.05) is 12.1 Å². The summed E-state index contributed by atoms with van der Waals surface area (Å²) < 4.78 is 5.95. The number of thioether (sulfide) groups is 1. The molecule has 0 spiro atoms. The van der Waals surface area contributed by atoms with E-state index in [1.54, 1.807) is 24.8 Å². The Bertz CT molecular complexity index is 500. The number of hydrogen-bond donors (Lipinski definition) is 0. The van der Waals surface area contributed by atoms with Gasteiger partial charge in [-0.15, -0.1) is 10.2 Å². The van der Waals surface area contributed by atoms with E-state index < -0.39 is 0 Å². The molecule has 1 heterocycles. The molecule has 88 valence electrons. The summed E-state index contributed by atoms with van der Waals surface area (Å²) in [5, 5.41) is 7.59. The maximum absolute atomic E-state index is 12.0. The summed E-state index contributed by atoms with van der Waals surface area (Å²) in [4.78, 5) is 12.0. The van der Waals surface area contributed by atoms with Gasteiger partial charge in [-0.1, -0.05) is 35.2 Å². The molecule has 0 aliphatic carbocycles. The number of benzene rings is 1. The van der Waals surface area contributed by atoms with E-state index in [4.69, 9.17) is 4.74 Å². The summed E-state index contributed by atoms with van der Waals surface area (Å²) in [5.41, 5.74) is 2.25. The lowest BCUT2D eigenvalue weighted by Crippen LogP contribution is -2.04. The maximum Gasteiger partial charge on any atom is 0.176 e. The zero-order valence-corrected chi connectivity index (χ0v) is 10.8. The van der Waals surface area contributed by atoms with Gasteiger partial charge in [0.25, 0.3) is 0 Å². The largest absolute Gasteiger partial charge is 0.496 e. The lowest BCUT2D eigenvalue weighted by atomic mass is 10.1. The van der Waals surface area contributed by atoms with Crippen molar-refractivity contribution >= 4 is 28.9 Å². The van der Waals surface area contributed by atoms with Gasteiger partial charge in [-0.05, 0) is 12.1 Å². The number of nitrogens with zero attached hydrogens (tertiary/aromatic N) is 2. The number of aromatic nitrogens is 2. The smallest absolute Gasteiger partial charge is 0.176 e. The fourth-order valence-electron chi connectivity index (χ4n) is 1.31. The number of rotatable bonds is 5. The van der Waals surface area contributed by atoms with Crippen molar-refractivity contribution in [2.75, 3.05) is 12.9 Å². The van der Waals surface area contributed by atoms with Gasteiger partial charge in [0, 0.05) is 0 Å². The predicted molar refractivity (Wildman–Crippen MR) is 68.0 cm³/mol. The second kappa shape index (κ2) is 5.79. The summed E-state index contributed by atoms with van der Waals surface area (Å²) in [6, 6.07) is 7.21. The Balaban J connectivity index is 2.04. The van der Waals surface area contributed by atoms with E-state index in [0.29, 0.717) is 17.1 Å². The van der Waals surface area contributed by atoms with Crippen LogP contribution >= 0.6 is 23.1 Å². The SMILES string of the molecule is COc1ccccc1C(=O)CSc1nncs1. The molecule has 0 unspecified atom stereocenters. The van der Waals surface area contributed by atoms with Crippen molar-refractivity contribution in [3.63, 3.8) is 0 Å². The Morgan fingerprint density at radius 2 is 2.29 bits per heavy atom. The summed E-state index contributed by atoms with van der Waals surface area (Å²) in [7, 11) is 1.56. The van der Waals surface area contributed by atoms with Crippen LogP contribution in [0.2, 0.25) is 0 Å². The van der Waals surface area contributed by atoms with Crippen molar-refractivity contribution in [3.8, 4) is 5.75 Å². The van der Waals surface area contributed by atoms with Crippen LogP contribution < -0.4 is 4.74 Å². The summed E-state index contributed by atoms with van der Waals surface area (Å²) in [5.74, 6) is 0.980. The van der Waals surface area contributed by atoms with Crippen LogP contribution in [0.25, 0.3) is 0 Å². The molecule has 17 heavy (non-hydrogen) atoms. The minimum absolute atomic E-state index is 0.0302. The van der Waals surface area contributed by atoms with Crippen molar-refractivity contribution in [3.05, 3.63) is 35.3 Å². The fraction of sp³-hybridized carbons (Fsp3) is 0.182. The van der Waals surface area contributed by atoms with Gasteiger partial charge in [0.05, 0.1) is 18.4 Å². The van der Waals surface area contributed by atoms with Crippen LogP contribution in [0.4, 0.5) is 0 Å². The first kappa shape index (κ1) is 12.1. The van der Waals surface area contributed by atoms with E-state index in [2.05, 4.69) is 10.2 Å². The molecule has 1 aromatic carbocycles. The average Bonchev–Trinajstić information content (AvgIpc) is 2.89. The van der Waals surface area contributed by atoms with Crippen LogP contribution in [0.15, 0.2) is 34.1 Å². The van der Waals surface area contributed by atoms with Crippen LogP contribution in [0.3, 0.4) is 0 Å². The van der Waals surface area contributed by atoms with Crippen molar-refractivity contribution in [2.45, 2.75) is 4.34 Å².